The number of benzene rings is 2. The molecule has 106 valence electrons. The van der Waals surface area contributed by atoms with Gasteiger partial charge in [0.25, 0.3) is 0 Å². The highest BCUT2D eigenvalue weighted by atomic mass is 127. The Balaban J connectivity index is 2.09. The molecule has 0 amide bonds. The van der Waals surface area contributed by atoms with E-state index in [1.165, 1.54) is 0 Å². The zero-order valence-electron chi connectivity index (χ0n) is 11.2. The Morgan fingerprint density at radius 3 is 2.86 bits per heavy atom. The zero-order chi connectivity index (χ0) is 15.1. The number of carboxylic acids is 1. The Bertz CT molecular complexity index is 799. The van der Waals surface area contributed by atoms with Crippen LogP contribution in [0.15, 0.2) is 39.8 Å². The second kappa shape index (κ2) is 5.53. The summed E-state index contributed by atoms with van der Waals surface area (Å²) in [5, 5.41) is 9.15. The fraction of sp³-hybridized carbons (Fsp3) is 0.125. The van der Waals surface area contributed by atoms with Crippen molar-refractivity contribution in [1.82, 2.24) is 0 Å². The smallest absolute Gasteiger partial charge is 0.335 e. The Labute approximate surface area is 144 Å². The lowest BCUT2D eigenvalue weighted by atomic mass is 10.00. The molecule has 0 aliphatic carbocycles. The van der Waals surface area contributed by atoms with Crippen LogP contribution >= 0.6 is 38.5 Å². The Kier molecular flexibility index (Phi) is 3.88. The molecule has 0 fully saturated rings. The summed E-state index contributed by atoms with van der Waals surface area (Å²) in [6.07, 6.45) is 0.741. The average Bonchev–Trinajstić information content (AvgIpc) is 2.86. The number of rotatable bonds is 2. The fourth-order valence-corrected chi connectivity index (χ4v) is 3.62. The molecular weight excluding hydrogens is 445 g/mol. The SMILES string of the molecule is Cc1c(Br)cccc1C1=Nc2cc(C(=O)O)cc(I)c2C1. The first-order chi connectivity index (χ1) is 9.97. The van der Waals surface area contributed by atoms with Gasteiger partial charge in [-0.05, 0) is 58.8 Å². The highest BCUT2D eigenvalue weighted by Gasteiger charge is 2.22. The van der Waals surface area contributed by atoms with E-state index in [9.17, 15) is 4.79 Å². The summed E-state index contributed by atoms with van der Waals surface area (Å²) in [4.78, 5) is 15.8. The number of hydrogen-bond donors (Lipinski definition) is 1. The second-order valence-corrected chi connectivity index (χ2v) is 6.93. The van der Waals surface area contributed by atoms with Crippen molar-refractivity contribution in [2.45, 2.75) is 13.3 Å². The number of hydrogen-bond acceptors (Lipinski definition) is 2. The van der Waals surface area contributed by atoms with Crippen LogP contribution in [0.1, 0.15) is 27.0 Å². The molecule has 21 heavy (non-hydrogen) atoms. The van der Waals surface area contributed by atoms with E-state index in [1.54, 1.807) is 12.1 Å². The summed E-state index contributed by atoms with van der Waals surface area (Å²) >= 11 is 5.72. The number of fused-ring (bicyclic) bond motifs is 1. The van der Waals surface area contributed by atoms with E-state index < -0.39 is 5.97 Å². The van der Waals surface area contributed by atoms with Gasteiger partial charge in [-0.1, -0.05) is 28.1 Å². The molecule has 5 heteroatoms. The molecule has 0 aromatic heterocycles. The highest BCUT2D eigenvalue weighted by Crippen LogP contribution is 2.35. The monoisotopic (exact) mass is 455 g/mol. The van der Waals surface area contributed by atoms with Crippen molar-refractivity contribution in [3.05, 3.63) is 60.6 Å². The van der Waals surface area contributed by atoms with Crippen molar-refractivity contribution in [3.8, 4) is 0 Å². The Morgan fingerprint density at radius 1 is 1.38 bits per heavy atom. The third kappa shape index (κ3) is 2.64. The maximum absolute atomic E-state index is 11.1. The van der Waals surface area contributed by atoms with E-state index in [2.05, 4.69) is 56.5 Å². The van der Waals surface area contributed by atoms with Crippen LogP contribution < -0.4 is 0 Å². The minimum absolute atomic E-state index is 0.286. The summed E-state index contributed by atoms with van der Waals surface area (Å²) < 4.78 is 2.01. The predicted molar refractivity (Wildman–Crippen MR) is 94.9 cm³/mol. The Hall–Kier alpha value is -1.21. The van der Waals surface area contributed by atoms with E-state index in [-0.39, 0.29) is 5.56 Å². The number of halogens is 2. The van der Waals surface area contributed by atoms with Gasteiger partial charge in [-0.2, -0.15) is 0 Å². The topological polar surface area (TPSA) is 49.7 Å². The molecule has 2 aromatic carbocycles. The Morgan fingerprint density at radius 2 is 2.14 bits per heavy atom. The van der Waals surface area contributed by atoms with Crippen molar-refractivity contribution >= 4 is 55.9 Å². The van der Waals surface area contributed by atoms with Crippen LogP contribution in [-0.4, -0.2) is 16.8 Å². The molecule has 3 nitrogen and oxygen atoms in total. The van der Waals surface area contributed by atoms with Crippen LogP contribution in [0.5, 0.6) is 0 Å². The van der Waals surface area contributed by atoms with Crippen molar-refractivity contribution in [2.24, 2.45) is 4.99 Å². The molecule has 1 heterocycles. The summed E-state index contributed by atoms with van der Waals surface area (Å²) in [6, 6.07) is 9.41. The lowest BCUT2D eigenvalue weighted by molar-refractivity contribution is 0.0697. The zero-order valence-corrected chi connectivity index (χ0v) is 14.9. The first kappa shape index (κ1) is 14.7. The van der Waals surface area contributed by atoms with Crippen molar-refractivity contribution < 1.29 is 9.90 Å². The van der Waals surface area contributed by atoms with Crippen LogP contribution in [0.25, 0.3) is 0 Å². The van der Waals surface area contributed by atoms with Gasteiger partial charge in [0.05, 0.1) is 17.0 Å². The molecule has 0 unspecified atom stereocenters. The number of aliphatic imine (C=N–C) groups is 1. The van der Waals surface area contributed by atoms with Crippen molar-refractivity contribution in [2.75, 3.05) is 0 Å². The van der Waals surface area contributed by atoms with Crippen LogP contribution in [-0.2, 0) is 6.42 Å². The van der Waals surface area contributed by atoms with Crippen LogP contribution in [0.4, 0.5) is 5.69 Å². The normalized spacial score (nSPS) is 13.0. The number of nitrogens with zero attached hydrogens (tertiary/aromatic N) is 1. The number of carbonyl (C=O) groups is 1. The third-order valence-electron chi connectivity index (χ3n) is 3.60. The molecule has 1 N–H and O–H groups in total. The molecule has 1 aliphatic rings. The van der Waals surface area contributed by atoms with Crippen LogP contribution in [0, 0.1) is 10.5 Å². The summed E-state index contributed by atoms with van der Waals surface area (Å²) in [7, 11) is 0. The standard InChI is InChI=1S/C16H11BrINO2/c1-8-10(3-2-4-12(8)17)15-7-11-13(18)5-9(16(20)21)6-14(11)19-15/h2-6H,7H2,1H3,(H,20,21). The van der Waals surface area contributed by atoms with Crippen LogP contribution in [0.2, 0.25) is 0 Å². The van der Waals surface area contributed by atoms with Gasteiger partial charge in [0.1, 0.15) is 0 Å². The van der Waals surface area contributed by atoms with E-state index in [4.69, 9.17) is 5.11 Å². The minimum atomic E-state index is -0.919. The molecule has 0 atom stereocenters. The summed E-state index contributed by atoms with van der Waals surface area (Å²) in [6.45, 7) is 2.05. The molecule has 0 saturated heterocycles. The van der Waals surface area contributed by atoms with E-state index in [1.807, 2.05) is 12.1 Å². The molecule has 0 radical (unpaired) electrons. The predicted octanol–water partition coefficient (Wildman–Crippen LogP) is 4.74. The largest absolute Gasteiger partial charge is 0.478 e. The molecule has 0 saturated carbocycles. The number of carboxylic acid groups (broad SMARTS) is 1. The quantitative estimate of drug-likeness (QED) is 0.665. The summed E-state index contributed by atoms with van der Waals surface area (Å²) in [5.41, 5.74) is 5.41. The highest BCUT2D eigenvalue weighted by molar-refractivity contribution is 14.1. The van der Waals surface area contributed by atoms with Crippen molar-refractivity contribution in [3.63, 3.8) is 0 Å². The van der Waals surface area contributed by atoms with E-state index in [0.29, 0.717) is 0 Å². The van der Waals surface area contributed by atoms with Crippen molar-refractivity contribution in [1.29, 1.82) is 0 Å². The first-order valence-corrected chi connectivity index (χ1v) is 8.23. The van der Waals surface area contributed by atoms with Gasteiger partial charge in [0.2, 0.25) is 0 Å². The average molecular weight is 456 g/mol. The van der Waals surface area contributed by atoms with Gasteiger partial charge < -0.3 is 5.11 Å². The lowest BCUT2D eigenvalue weighted by Crippen LogP contribution is -2.04. The molecule has 1 aliphatic heterocycles. The van der Waals surface area contributed by atoms with Gasteiger partial charge in [0, 0.05) is 20.0 Å². The van der Waals surface area contributed by atoms with Gasteiger partial charge in [-0.15, -0.1) is 0 Å². The van der Waals surface area contributed by atoms with Gasteiger partial charge >= 0.3 is 5.97 Å². The third-order valence-corrected chi connectivity index (χ3v) is 5.42. The van der Waals surface area contributed by atoms with E-state index >= 15 is 0 Å². The van der Waals surface area contributed by atoms with Gasteiger partial charge in [0.15, 0.2) is 0 Å². The molecule has 3 rings (SSSR count). The molecule has 2 aromatic rings. The maximum atomic E-state index is 11.1. The molecule has 0 spiro atoms. The summed E-state index contributed by atoms with van der Waals surface area (Å²) in [5.74, 6) is -0.919. The molecular formula is C16H11BrINO2. The molecule has 0 bridgehead atoms. The number of aromatic carboxylic acids is 1. The first-order valence-electron chi connectivity index (χ1n) is 6.36. The fourth-order valence-electron chi connectivity index (χ4n) is 2.45. The van der Waals surface area contributed by atoms with E-state index in [0.717, 1.165) is 42.6 Å². The minimum Gasteiger partial charge on any atom is -0.478 e. The second-order valence-electron chi connectivity index (χ2n) is 4.91. The lowest BCUT2D eigenvalue weighted by Gasteiger charge is -2.07. The van der Waals surface area contributed by atoms with Gasteiger partial charge in [-0.25, -0.2) is 4.79 Å². The maximum Gasteiger partial charge on any atom is 0.335 e. The van der Waals surface area contributed by atoms with Crippen LogP contribution in [0.3, 0.4) is 0 Å². The van der Waals surface area contributed by atoms with Gasteiger partial charge in [-0.3, -0.25) is 4.99 Å².